The molecule has 0 bridgehead atoms. The molecule has 0 aliphatic carbocycles. The maximum absolute atomic E-state index is 12.7. The van der Waals surface area contributed by atoms with Crippen molar-refractivity contribution in [3.05, 3.63) is 24.0 Å². The third kappa shape index (κ3) is 3.58. The SMILES string of the molecule is Cc1nc(N)nc(N2CCC(C(=O)N3CCCC3)CC2)c1-c1ccc(N)nc1. The molecule has 1 amide bonds. The van der Waals surface area contributed by atoms with Crippen molar-refractivity contribution in [2.75, 3.05) is 42.5 Å². The average molecular weight is 381 g/mol. The average Bonchev–Trinajstić information content (AvgIpc) is 3.23. The van der Waals surface area contributed by atoms with Crippen LogP contribution in [0.5, 0.6) is 0 Å². The Morgan fingerprint density at radius 3 is 2.43 bits per heavy atom. The first-order valence-corrected chi connectivity index (χ1v) is 9.92. The minimum Gasteiger partial charge on any atom is -0.384 e. The zero-order valence-corrected chi connectivity index (χ0v) is 16.3. The summed E-state index contributed by atoms with van der Waals surface area (Å²) in [7, 11) is 0. The van der Waals surface area contributed by atoms with E-state index in [1.54, 1.807) is 12.3 Å². The van der Waals surface area contributed by atoms with Crippen LogP contribution < -0.4 is 16.4 Å². The Hall–Kier alpha value is -2.90. The zero-order valence-electron chi connectivity index (χ0n) is 16.3. The largest absolute Gasteiger partial charge is 0.384 e. The first-order valence-electron chi connectivity index (χ1n) is 9.92. The second-order valence-corrected chi connectivity index (χ2v) is 7.63. The Morgan fingerprint density at radius 2 is 1.79 bits per heavy atom. The van der Waals surface area contributed by atoms with E-state index in [4.69, 9.17) is 11.5 Å². The molecule has 2 fully saturated rings. The van der Waals surface area contributed by atoms with Gasteiger partial charge in [0.1, 0.15) is 11.6 Å². The highest BCUT2D eigenvalue weighted by Crippen LogP contribution is 2.34. The summed E-state index contributed by atoms with van der Waals surface area (Å²) in [5.41, 5.74) is 14.3. The number of nitrogen functional groups attached to an aromatic ring is 2. The second-order valence-electron chi connectivity index (χ2n) is 7.63. The lowest BCUT2D eigenvalue weighted by atomic mass is 9.94. The van der Waals surface area contributed by atoms with E-state index < -0.39 is 0 Å². The number of nitrogens with zero attached hydrogens (tertiary/aromatic N) is 5. The monoisotopic (exact) mass is 381 g/mol. The van der Waals surface area contributed by atoms with Crippen molar-refractivity contribution in [3.63, 3.8) is 0 Å². The minimum atomic E-state index is 0.108. The van der Waals surface area contributed by atoms with Crippen LogP contribution in [0, 0.1) is 12.8 Å². The predicted molar refractivity (Wildman–Crippen MR) is 110 cm³/mol. The van der Waals surface area contributed by atoms with Gasteiger partial charge in [-0.15, -0.1) is 0 Å². The Morgan fingerprint density at radius 1 is 1.07 bits per heavy atom. The number of carbonyl (C=O) groups is 1. The van der Waals surface area contributed by atoms with Crippen LogP contribution >= 0.6 is 0 Å². The molecule has 2 aliphatic heterocycles. The number of rotatable bonds is 3. The third-order valence-corrected chi connectivity index (χ3v) is 5.72. The van der Waals surface area contributed by atoms with E-state index in [9.17, 15) is 4.79 Å². The summed E-state index contributed by atoms with van der Waals surface area (Å²) in [6.07, 6.45) is 5.66. The lowest BCUT2D eigenvalue weighted by Gasteiger charge is -2.35. The summed E-state index contributed by atoms with van der Waals surface area (Å²) in [5, 5.41) is 0. The molecule has 4 heterocycles. The second kappa shape index (κ2) is 7.61. The molecule has 8 heteroatoms. The first-order chi connectivity index (χ1) is 13.5. The molecule has 2 aromatic heterocycles. The number of carbonyl (C=O) groups excluding carboxylic acids is 1. The molecule has 28 heavy (non-hydrogen) atoms. The van der Waals surface area contributed by atoms with Gasteiger partial charge in [-0.3, -0.25) is 4.79 Å². The maximum atomic E-state index is 12.7. The molecule has 4 rings (SSSR count). The van der Waals surface area contributed by atoms with Crippen molar-refractivity contribution in [2.24, 2.45) is 5.92 Å². The highest BCUT2D eigenvalue weighted by atomic mass is 16.2. The fourth-order valence-corrected chi connectivity index (χ4v) is 4.23. The van der Waals surface area contributed by atoms with Crippen LogP contribution in [0.2, 0.25) is 0 Å². The molecule has 8 nitrogen and oxygen atoms in total. The van der Waals surface area contributed by atoms with Gasteiger partial charge in [-0.05, 0) is 44.7 Å². The van der Waals surface area contributed by atoms with Gasteiger partial charge in [0.05, 0.1) is 5.69 Å². The molecule has 2 aromatic rings. The molecule has 0 radical (unpaired) electrons. The van der Waals surface area contributed by atoms with Gasteiger partial charge in [-0.25, -0.2) is 9.97 Å². The lowest BCUT2D eigenvalue weighted by Crippen LogP contribution is -2.42. The molecule has 148 valence electrons. The molecule has 0 spiro atoms. The molecule has 2 aliphatic rings. The molecular formula is C20H27N7O. The molecular weight excluding hydrogens is 354 g/mol. The van der Waals surface area contributed by atoms with Gasteiger partial charge in [-0.2, -0.15) is 4.98 Å². The number of aryl methyl sites for hydroxylation is 1. The fourth-order valence-electron chi connectivity index (χ4n) is 4.23. The number of anilines is 3. The number of amides is 1. The quantitative estimate of drug-likeness (QED) is 0.834. The topological polar surface area (TPSA) is 114 Å². The smallest absolute Gasteiger partial charge is 0.225 e. The van der Waals surface area contributed by atoms with Crippen LogP contribution in [-0.4, -0.2) is 51.9 Å². The Bertz CT molecular complexity index is 854. The van der Waals surface area contributed by atoms with Crippen molar-refractivity contribution >= 4 is 23.5 Å². The summed E-state index contributed by atoms with van der Waals surface area (Å²) in [5.74, 6) is 1.97. The van der Waals surface area contributed by atoms with Crippen molar-refractivity contribution in [2.45, 2.75) is 32.6 Å². The van der Waals surface area contributed by atoms with E-state index in [0.29, 0.717) is 11.7 Å². The summed E-state index contributed by atoms with van der Waals surface area (Å²) in [6, 6.07) is 3.70. The molecule has 2 saturated heterocycles. The minimum absolute atomic E-state index is 0.108. The number of likely N-dealkylation sites (tertiary alicyclic amines) is 1. The van der Waals surface area contributed by atoms with Crippen LogP contribution in [0.1, 0.15) is 31.4 Å². The zero-order chi connectivity index (χ0) is 19.7. The van der Waals surface area contributed by atoms with E-state index in [0.717, 1.165) is 74.5 Å². The van der Waals surface area contributed by atoms with Gasteiger partial charge in [0, 0.05) is 49.4 Å². The molecule has 0 saturated carbocycles. The highest BCUT2D eigenvalue weighted by molar-refractivity contribution is 5.81. The van der Waals surface area contributed by atoms with Crippen molar-refractivity contribution in [1.29, 1.82) is 0 Å². The highest BCUT2D eigenvalue weighted by Gasteiger charge is 2.31. The van der Waals surface area contributed by atoms with E-state index in [2.05, 4.69) is 19.9 Å². The first kappa shape index (κ1) is 18.5. The number of aromatic nitrogens is 3. The van der Waals surface area contributed by atoms with Crippen LogP contribution in [-0.2, 0) is 4.79 Å². The van der Waals surface area contributed by atoms with Gasteiger partial charge >= 0.3 is 0 Å². The van der Waals surface area contributed by atoms with Gasteiger partial charge < -0.3 is 21.3 Å². The summed E-state index contributed by atoms with van der Waals surface area (Å²) in [6.45, 7) is 5.30. The maximum Gasteiger partial charge on any atom is 0.225 e. The van der Waals surface area contributed by atoms with Gasteiger partial charge in [-0.1, -0.05) is 0 Å². The predicted octanol–water partition coefficient (Wildman–Crippen LogP) is 1.85. The Labute approximate surface area is 165 Å². The molecule has 0 aromatic carbocycles. The van der Waals surface area contributed by atoms with Crippen LogP contribution in [0.3, 0.4) is 0 Å². The van der Waals surface area contributed by atoms with E-state index in [-0.39, 0.29) is 11.9 Å². The third-order valence-electron chi connectivity index (χ3n) is 5.72. The van der Waals surface area contributed by atoms with E-state index in [1.807, 2.05) is 17.9 Å². The molecule has 0 atom stereocenters. The summed E-state index contributed by atoms with van der Waals surface area (Å²) < 4.78 is 0. The molecule has 4 N–H and O–H groups in total. The molecule has 0 unspecified atom stereocenters. The summed E-state index contributed by atoms with van der Waals surface area (Å²) in [4.78, 5) is 30.0. The fraction of sp³-hybridized carbons (Fsp3) is 0.500. The van der Waals surface area contributed by atoms with Crippen molar-refractivity contribution in [3.8, 4) is 11.1 Å². The van der Waals surface area contributed by atoms with Gasteiger partial charge in [0.25, 0.3) is 0 Å². The van der Waals surface area contributed by atoms with Crippen LogP contribution in [0.4, 0.5) is 17.6 Å². The Kier molecular flexibility index (Phi) is 5.02. The van der Waals surface area contributed by atoms with Gasteiger partial charge in [0.2, 0.25) is 11.9 Å². The van der Waals surface area contributed by atoms with Crippen molar-refractivity contribution in [1.82, 2.24) is 19.9 Å². The summed E-state index contributed by atoms with van der Waals surface area (Å²) >= 11 is 0. The van der Waals surface area contributed by atoms with E-state index in [1.165, 1.54) is 0 Å². The Balaban J connectivity index is 1.56. The number of nitrogens with two attached hydrogens (primary N) is 2. The number of hydrogen-bond donors (Lipinski definition) is 2. The van der Waals surface area contributed by atoms with E-state index >= 15 is 0 Å². The standard InChI is InChI=1S/C20H27N7O/c1-13-17(15-4-5-16(21)23-12-15)18(25-20(22)24-13)26-10-6-14(7-11-26)19(28)27-8-2-3-9-27/h4-5,12,14H,2-3,6-11H2,1H3,(H2,21,23)(H2,22,24,25). The van der Waals surface area contributed by atoms with Crippen LogP contribution in [0.25, 0.3) is 11.1 Å². The van der Waals surface area contributed by atoms with Crippen LogP contribution in [0.15, 0.2) is 18.3 Å². The lowest BCUT2D eigenvalue weighted by molar-refractivity contribution is -0.135. The normalized spacial score (nSPS) is 17.9. The number of pyridine rings is 1. The van der Waals surface area contributed by atoms with Crippen molar-refractivity contribution < 1.29 is 4.79 Å². The number of hydrogen-bond acceptors (Lipinski definition) is 7. The van der Waals surface area contributed by atoms with Gasteiger partial charge in [0.15, 0.2) is 0 Å². The number of piperidine rings is 1.